The lowest BCUT2D eigenvalue weighted by Crippen LogP contribution is -2.29. The van der Waals surface area contributed by atoms with Crippen LogP contribution in [0.1, 0.15) is 34.0 Å². The summed E-state index contributed by atoms with van der Waals surface area (Å²) in [6.07, 6.45) is 1.63. The van der Waals surface area contributed by atoms with Crippen molar-refractivity contribution in [3.8, 4) is 0 Å². The van der Waals surface area contributed by atoms with E-state index in [-0.39, 0.29) is 30.5 Å². The largest absolute Gasteiger partial charge is 0.477 e. The van der Waals surface area contributed by atoms with Gasteiger partial charge in [-0.2, -0.15) is 0 Å². The van der Waals surface area contributed by atoms with Gasteiger partial charge in [0.2, 0.25) is 5.91 Å². The van der Waals surface area contributed by atoms with Gasteiger partial charge in [-0.25, -0.2) is 9.18 Å². The van der Waals surface area contributed by atoms with Crippen LogP contribution in [0.2, 0.25) is 5.02 Å². The maximum absolute atomic E-state index is 14.3. The first kappa shape index (κ1) is 22.5. The molecule has 2 heterocycles. The number of hydrogen-bond acceptors (Lipinski definition) is 4. The van der Waals surface area contributed by atoms with E-state index in [1.807, 2.05) is 0 Å². The van der Waals surface area contributed by atoms with Gasteiger partial charge in [-0.05, 0) is 41.8 Å². The van der Waals surface area contributed by atoms with Gasteiger partial charge < -0.3 is 15.2 Å². The maximum atomic E-state index is 14.3. The molecule has 0 atom stereocenters. The number of aromatic carboxylic acids is 1. The number of pyridine rings is 2. The SMILES string of the molecule is CCOCC(=O)NCc1cc(C(=O)O)c(=O)n2cc(Cc3cccc(Cl)c3F)ccc12. The summed E-state index contributed by atoms with van der Waals surface area (Å²) in [5.41, 5.74) is 0.657. The van der Waals surface area contributed by atoms with Crippen LogP contribution >= 0.6 is 11.6 Å². The minimum absolute atomic E-state index is 0.00583. The van der Waals surface area contributed by atoms with Gasteiger partial charge in [-0.3, -0.25) is 14.0 Å². The first-order chi connectivity index (χ1) is 14.8. The van der Waals surface area contributed by atoms with E-state index in [9.17, 15) is 23.9 Å². The number of halogens is 2. The van der Waals surface area contributed by atoms with Crippen molar-refractivity contribution in [1.82, 2.24) is 9.72 Å². The van der Waals surface area contributed by atoms with Gasteiger partial charge in [0, 0.05) is 25.8 Å². The zero-order chi connectivity index (χ0) is 22.5. The molecule has 1 aromatic carbocycles. The fourth-order valence-corrected chi connectivity index (χ4v) is 3.35. The molecule has 0 aliphatic rings. The Morgan fingerprint density at radius 1 is 1.23 bits per heavy atom. The Morgan fingerprint density at radius 3 is 2.71 bits per heavy atom. The Kier molecular flexibility index (Phi) is 7.04. The van der Waals surface area contributed by atoms with E-state index in [2.05, 4.69) is 5.32 Å². The van der Waals surface area contributed by atoms with Crippen molar-refractivity contribution in [1.29, 1.82) is 0 Å². The quantitative estimate of drug-likeness (QED) is 0.554. The number of rotatable bonds is 8. The van der Waals surface area contributed by atoms with Crippen LogP contribution in [0.4, 0.5) is 4.39 Å². The van der Waals surface area contributed by atoms with E-state index in [4.69, 9.17) is 16.3 Å². The van der Waals surface area contributed by atoms with E-state index in [1.165, 1.54) is 22.7 Å². The van der Waals surface area contributed by atoms with Gasteiger partial charge in [0.1, 0.15) is 18.0 Å². The Balaban J connectivity index is 2.01. The van der Waals surface area contributed by atoms with Crippen LogP contribution in [-0.4, -0.2) is 34.6 Å². The van der Waals surface area contributed by atoms with E-state index in [0.29, 0.717) is 28.8 Å². The molecule has 31 heavy (non-hydrogen) atoms. The van der Waals surface area contributed by atoms with Gasteiger partial charge in [-0.1, -0.05) is 29.8 Å². The van der Waals surface area contributed by atoms with Gasteiger partial charge >= 0.3 is 5.97 Å². The Bertz CT molecular complexity index is 1210. The van der Waals surface area contributed by atoms with Crippen LogP contribution in [0.3, 0.4) is 0 Å². The van der Waals surface area contributed by atoms with Crippen molar-refractivity contribution in [3.05, 3.63) is 86.0 Å². The van der Waals surface area contributed by atoms with Gasteiger partial charge in [-0.15, -0.1) is 0 Å². The molecule has 0 saturated carbocycles. The summed E-state index contributed by atoms with van der Waals surface area (Å²) in [5.74, 6) is -2.29. The van der Waals surface area contributed by atoms with Crippen molar-refractivity contribution in [2.24, 2.45) is 0 Å². The Hall–Kier alpha value is -3.23. The van der Waals surface area contributed by atoms with Crippen LogP contribution in [-0.2, 0) is 22.5 Å². The molecule has 0 radical (unpaired) electrons. The maximum Gasteiger partial charge on any atom is 0.341 e. The number of fused-ring (bicyclic) bond motifs is 1. The molecule has 0 unspecified atom stereocenters. The van der Waals surface area contributed by atoms with Gasteiger partial charge in [0.15, 0.2) is 0 Å². The second-order valence-electron chi connectivity index (χ2n) is 6.79. The lowest BCUT2D eigenvalue weighted by molar-refractivity contribution is -0.125. The van der Waals surface area contributed by atoms with Crippen LogP contribution in [0, 0.1) is 5.82 Å². The lowest BCUT2D eigenvalue weighted by Gasteiger charge is -2.13. The second-order valence-corrected chi connectivity index (χ2v) is 7.20. The van der Waals surface area contributed by atoms with Crippen molar-refractivity contribution >= 4 is 29.0 Å². The summed E-state index contributed by atoms with van der Waals surface area (Å²) in [4.78, 5) is 36.1. The molecule has 2 N–H and O–H groups in total. The molecule has 7 nitrogen and oxygen atoms in total. The highest BCUT2D eigenvalue weighted by atomic mass is 35.5. The monoisotopic (exact) mass is 446 g/mol. The highest BCUT2D eigenvalue weighted by Crippen LogP contribution is 2.21. The number of aromatic nitrogens is 1. The number of amides is 1. The number of carbonyl (C=O) groups is 2. The molecule has 2 aromatic heterocycles. The third-order valence-electron chi connectivity index (χ3n) is 4.68. The number of hydrogen-bond donors (Lipinski definition) is 2. The average molecular weight is 447 g/mol. The Morgan fingerprint density at radius 2 is 2.00 bits per heavy atom. The fourth-order valence-electron chi connectivity index (χ4n) is 3.16. The van der Waals surface area contributed by atoms with Crippen molar-refractivity contribution in [2.45, 2.75) is 19.9 Å². The Labute approximate surface area is 182 Å². The first-order valence-electron chi connectivity index (χ1n) is 9.49. The van der Waals surface area contributed by atoms with Gasteiger partial charge in [0.25, 0.3) is 5.56 Å². The second kappa shape index (κ2) is 9.72. The average Bonchev–Trinajstić information content (AvgIpc) is 2.75. The predicted octanol–water partition coefficient (Wildman–Crippen LogP) is 3.03. The smallest absolute Gasteiger partial charge is 0.341 e. The number of carboxylic acid groups (broad SMARTS) is 1. The summed E-state index contributed by atoms with van der Waals surface area (Å²) in [6, 6.07) is 9.24. The van der Waals surface area contributed by atoms with Crippen LogP contribution < -0.4 is 10.9 Å². The molecule has 0 aliphatic carbocycles. The van der Waals surface area contributed by atoms with E-state index < -0.39 is 22.9 Å². The predicted molar refractivity (Wildman–Crippen MR) is 113 cm³/mol. The zero-order valence-corrected chi connectivity index (χ0v) is 17.4. The van der Waals surface area contributed by atoms with Crippen LogP contribution in [0.5, 0.6) is 0 Å². The molecule has 3 rings (SSSR count). The normalized spacial score (nSPS) is 10.9. The number of ether oxygens (including phenoxy) is 1. The topological polar surface area (TPSA) is 97.1 Å². The number of nitrogens with one attached hydrogen (secondary N) is 1. The number of carboxylic acids is 1. The van der Waals surface area contributed by atoms with E-state index in [0.717, 1.165) is 0 Å². The summed E-state index contributed by atoms with van der Waals surface area (Å²) in [7, 11) is 0. The molecule has 0 bridgehead atoms. The molecule has 0 aliphatic heterocycles. The van der Waals surface area contributed by atoms with Crippen LogP contribution in [0.25, 0.3) is 5.52 Å². The zero-order valence-electron chi connectivity index (χ0n) is 16.7. The minimum atomic E-state index is -1.38. The fraction of sp³-hybridized carbons (Fsp3) is 0.227. The van der Waals surface area contributed by atoms with Gasteiger partial charge in [0.05, 0.1) is 10.5 Å². The number of nitrogens with zero attached hydrogens (tertiary/aromatic N) is 1. The molecular formula is C22H20ClFN2O5. The molecule has 9 heteroatoms. The molecule has 0 saturated heterocycles. The standard InChI is InChI=1S/C22H20ClFN2O5/c1-2-31-12-19(27)25-10-15-9-16(22(29)30)21(28)26-11-13(6-7-18(15)26)8-14-4-3-5-17(23)20(14)24/h3-7,9,11H,2,8,10,12H2,1H3,(H,25,27)(H,29,30). The summed E-state index contributed by atoms with van der Waals surface area (Å²) < 4.78 is 20.5. The number of benzene rings is 1. The first-order valence-corrected chi connectivity index (χ1v) is 9.87. The number of carbonyl (C=O) groups excluding carboxylic acids is 1. The molecule has 3 aromatic rings. The van der Waals surface area contributed by atoms with Crippen molar-refractivity contribution in [2.75, 3.05) is 13.2 Å². The lowest BCUT2D eigenvalue weighted by atomic mass is 10.0. The van der Waals surface area contributed by atoms with E-state index >= 15 is 0 Å². The molecule has 0 fully saturated rings. The van der Waals surface area contributed by atoms with E-state index in [1.54, 1.807) is 31.2 Å². The van der Waals surface area contributed by atoms with Crippen molar-refractivity contribution in [3.63, 3.8) is 0 Å². The highest BCUT2D eigenvalue weighted by Gasteiger charge is 2.16. The third-order valence-corrected chi connectivity index (χ3v) is 4.97. The summed E-state index contributed by atoms with van der Waals surface area (Å²) >= 11 is 5.83. The highest BCUT2D eigenvalue weighted by molar-refractivity contribution is 6.30. The summed E-state index contributed by atoms with van der Waals surface area (Å²) in [6.45, 7) is 2.03. The molecule has 162 valence electrons. The summed E-state index contributed by atoms with van der Waals surface area (Å²) in [5, 5.41) is 12.1. The molecule has 0 spiro atoms. The van der Waals surface area contributed by atoms with Crippen molar-refractivity contribution < 1.29 is 23.8 Å². The minimum Gasteiger partial charge on any atom is -0.477 e. The molecular weight excluding hydrogens is 427 g/mol. The molecule has 1 amide bonds. The van der Waals surface area contributed by atoms with Crippen LogP contribution in [0.15, 0.2) is 47.4 Å². The third kappa shape index (κ3) is 5.10.